The molecular formula is C15H24N2O. The van der Waals surface area contributed by atoms with Gasteiger partial charge >= 0.3 is 0 Å². The van der Waals surface area contributed by atoms with Crippen molar-refractivity contribution in [2.24, 2.45) is 0 Å². The van der Waals surface area contributed by atoms with E-state index in [1.807, 2.05) is 25.1 Å². The van der Waals surface area contributed by atoms with E-state index in [9.17, 15) is 5.11 Å². The predicted octanol–water partition coefficient (Wildman–Crippen LogP) is 2.23. The van der Waals surface area contributed by atoms with Crippen molar-refractivity contribution in [2.45, 2.75) is 26.8 Å². The number of phenolic OH excluding ortho intramolecular Hbond substituents is 1. The lowest BCUT2D eigenvalue weighted by Gasteiger charge is -2.34. The summed E-state index contributed by atoms with van der Waals surface area (Å²) >= 11 is 0. The maximum absolute atomic E-state index is 10.0. The molecule has 0 aliphatic carbocycles. The van der Waals surface area contributed by atoms with Crippen molar-refractivity contribution in [1.82, 2.24) is 9.80 Å². The molecule has 1 aromatic carbocycles. The van der Waals surface area contributed by atoms with Crippen LogP contribution in [0.4, 0.5) is 0 Å². The highest BCUT2D eigenvalue weighted by molar-refractivity contribution is 5.39. The second kappa shape index (κ2) is 6.21. The molecule has 1 fully saturated rings. The fourth-order valence-corrected chi connectivity index (χ4v) is 2.58. The van der Waals surface area contributed by atoms with Gasteiger partial charge in [0, 0.05) is 38.3 Å². The van der Waals surface area contributed by atoms with E-state index in [4.69, 9.17) is 0 Å². The minimum absolute atomic E-state index is 0.466. The van der Waals surface area contributed by atoms with Gasteiger partial charge in [-0.05, 0) is 25.5 Å². The zero-order valence-corrected chi connectivity index (χ0v) is 11.5. The maximum Gasteiger partial charge on any atom is 0.122 e. The minimum atomic E-state index is 0.466. The van der Waals surface area contributed by atoms with Gasteiger partial charge in [-0.15, -0.1) is 0 Å². The first-order chi connectivity index (χ1) is 8.70. The lowest BCUT2D eigenvalue weighted by atomic mass is 10.1. The first kappa shape index (κ1) is 13.4. The summed E-state index contributed by atoms with van der Waals surface area (Å²) in [6, 6.07) is 6.01. The molecule has 0 aromatic heterocycles. The molecule has 1 saturated heterocycles. The second-order valence-corrected chi connectivity index (χ2v) is 5.20. The molecule has 100 valence electrons. The Labute approximate surface area is 110 Å². The van der Waals surface area contributed by atoms with Gasteiger partial charge in [0.25, 0.3) is 0 Å². The highest BCUT2D eigenvalue weighted by Crippen LogP contribution is 2.23. The number of rotatable bonds is 4. The zero-order valence-electron chi connectivity index (χ0n) is 11.5. The van der Waals surface area contributed by atoms with Crippen LogP contribution in [0.25, 0.3) is 0 Å². The number of aryl methyl sites for hydroxylation is 1. The number of hydrogen-bond acceptors (Lipinski definition) is 3. The normalized spacial score (nSPS) is 18.1. The maximum atomic E-state index is 10.0. The van der Waals surface area contributed by atoms with Crippen LogP contribution in [0, 0.1) is 6.92 Å². The summed E-state index contributed by atoms with van der Waals surface area (Å²) < 4.78 is 0. The highest BCUT2D eigenvalue weighted by atomic mass is 16.3. The van der Waals surface area contributed by atoms with Crippen molar-refractivity contribution < 1.29 is 5.11 Å². The van der Waals surface area contributed by atoms with Gasteiger partial charge in [0.2, 0.25) is 0 Å². The van der Waals surface area contributed by atoms with Gasteiger partial charge in [0.15, 0.2) is 0 Å². The van der Waals surface area contributed by atoms with Gasteiger partial charge in [-0.25, -0.2) is 0 Å². The Hall–Kier alpha value is -1.06. The summed E-state index contributed by atoms with van der Waals surface area (Å²) in [5.74, 6) is 0.466. The van der Waals surface area contributed by atoms with Crippen molar-refractivity contribution in [3.63, 3.8) is 0 Å². The van der Waals surface area contributed by atoms with Crippen LogP contribution in [0.15, 0.2) is 18.2 Å². The molecule has 1 N–H and O–H groups in total. The number of phenols is 1. The fraction of sp³-hybridized carbons (Fsp3) is 0.600. The molecule has 0 amide bonds. The molecule has 0 bridgehead atoms. The summed E-state index contributed by atoms with van der Waals surface area (Å²) in [4.78, 5) is 4.95. The van der Waals surface area contributed by atoms with Crippen LogP contribution in [0.3, 0.4) is 0 Å². The number of para-hydroxylation sites is 1. The summed E-state index contributed by atoms with van der Waals surface area (Å²) in [6.07, 6.45) is 1.23. The molecule has 3 heteroatoms. The van der Waals surface area contributed by atoms with Crippen LogP contribution in [0.2, 0.25) is 0 Å². The standard InChI is InChI=1S/C15H24N2O/c1-3-7-16-8-10-17(11-9-16)12-14-6-4-5-13(2)15(14)18/h4-6,18H,3,7-12H2,1-2H3. The Kier molecular flexibility index (Phi) is 4.61. The van der Waals surface area contributed by atoms with Crippen LogP contribution < -0.4 is 0 Å². The molecule has 1 heterocycles. The Morgan fingerprint density at radius 1 is 1.11 bits per heavy atom. The van der Waals surface area contributed by atoms with Gasteiger partial charge in [0.05, 0.1) is 0 Å². The van der Waals surface area contributed by atoms with Crippen LogP contribution >= 0.6 is 0 Å². The van der Waals surface area contributed by atoms with Crippen LogP contribution in [0.1, 0.15) is 24.5 Å². The molecule has 1 aliphatic heterocycles. The van der Waals surface area contributed by atoms with Crippen LogP contribution in [-0.2, 0) is 6.54 Å². The molecular weight excluding hydrogens is 224 g/mol. The third-order valence-electron chi connectivity index (χ3n) is 3.72. The van der Waals surface area contributed by atoms with Gasteiger partial charge in [-0.3, -0.25) is 4.90 Å². The van der Waals surface area contributed by atoms with E-state index < -0.39 is 0 Å². The molecule has 0 unspecified atom stereocenters. The quantitative estimate of drug-likeness (QED) is 0.885. The predicted molar refractivity (Wildman–Crippen MR) is 74.9 cm³/mol. The summed E-state index contributed by atoms with van der Waals surface area (Å²) in [6.45, 7) is 10.8. The van der Waals surface area contributed by atoms with Crippen molar-refractivity contribution in [1.29, 1.82) is 0 Å². The number of hydrogen-bond donors (Lipinski definition) is 1. The average molecular weight is 248 g/mol. The molecule has 0 spiro atoms. The monoisotopic (exact) mass is 248 g/mol. The second-order valence-electron chi connectivity index (χ2n) is 5.20. The van der Waals surface area contributed by atoms with E-state index >= 15 is 0 Å². The van der Waals surface area contributed by atoms with E-state index in [0.29, 0.717) is 5.75 Å². The van der Waals surface area contributed by atoms with Gasteiger partial charge < -0.3 is 10.0 Å². The number of nitrogens with zero attached hydrogens (tertiary/aromatic N) is 2. The van der Waals surface area contributed by atoms with E-state index in [1.165, 1.54) is 13.0 Å². The minimum Gasteiger partial charge on any atom is -0.507 e. The Bertz CT molecular complexity index is 384. The summed E-state index contributed by atoms with van der Waals surface area (Å²) in [5.41, 5.74) is 2.02. The van der Waals surface area contributed by atoms with Gasteiger partial charge in [-0.2, -0.15) is 0 Å². The smallest absolute Gasteiger partial charge is 0.122 e. The lowest BCUT2D eigenvalue weighted by molar-refractivity contribution is 0.126. The van der Waals surface area contributed by atoms with Crippen LogP contribution in [0.5, 0.6) is 5.75 Å². The van der Waals surface area contributed by atoms with Crippen molar-refractivity contribution in [3.8, 4) is 5.75 Å². The largest absolute Gasteiger partial charge is 0.507 e. The first-order valence-electron chi connectivity index (χ1n) is 6.93. The fourth-order valence-electron chi connectivity index (χ4n) is 2.58. The molecule has 1 aromatic rings. The first-order valence-corrected chi connectivity index (χ1v) is 6.93. The van der Waals surface area contributed by atoms with E-state index in [0.717, 1.165) is 43.9 Å². The number of aromatic hydroxyl groups is 1. The van der Waals surface area contributed by atoms with Crippen molar-refractivity contribution >= 4 is 0 Å². The number of benzene rings is 1. The molecule has 1 aliphatic rings. The van der Waals surface area contributed by atoms with E-state index in [2.05, 4.69) is 16.7 Å². The van der Waals surface area contributed by atoms with Crippen molar-refractivity contribution in [3.05, 3.63) is 29.3 Å². The molecule has 0 radical (unpaired) electrons. The van der Waals surface area contributed by atoms with Gasteiger partial charge in [-0.1, -0.05) is 25.1 Å². The molecule has 0 saturated carbocycles. The Morgan fingerprint density at radius 2 is 1.78 bits per heavy atom. The summed E-state index contributed by atoms with van der Waals surface area (Å²) in [7, 11) is 0. The van der Waals surface area contributed by atoms with Crippen molar-refractivity contribution in [2.75, 3.05) is 32.7 Å². The molecule has 3 nitrogen and oxygen atoms in total. The third-order valence-corrected chi connectivity index (χ3v) is 3.72. The molecule has 18 heavy (non-hydrogen) atoms. The summed E-state index contributed by atoms with van der Waals surface area (Å²) in [5, 5.41) is 10.0. The topological polar surface area (TPSA) is 26.7 Å². The average Bonchev–Trinajstić information content (AvgIpc) is 2.38. The SMILES string of the molecule is CCCN1CCN(Cc2cccc(C)c2O)CC1. The van der Waals surface area contributed by atoms with Crippen LogP contribution in [-0.4, -0.2) is 47.6 Å². The van der Waals surface area contributed by atoms with E-state index in [-0.39, 0.29) is 0 Å². The van der Waals surface area contributed by atoms with Gasteiger partial charge in [0.1, 0.15) is 5.75 Å². The molecule has 0 atom stereocenters. The zero-order chi connectivity index (χ0) is 13.0. The molecule has 2 rings (SSSR count). The number of piperazine rings is 1. The highest BCUT2D eigenvalue weighted by Gasteiger charge is 2.17. The Balaban J connectivity index is 1.90. The third kappa shape index (κ3) is 3.24. The Morgan fingerprint density at radius 3 is 2.44 bits per heavy atom. The lowest BCUT2D eigenvalue weighted by Crippen LogP contribution is -2.45. The van der Waals surface area contributed by atoms with E-state index in [1.54, 1.807) is 0 Å².